The Kier molecular flexibility index (Phi) is 4.63. The number of furan rings is 1. The predicted octanol–water partition coefficient (Wildman–Crippen LogP) is 1.86. The second-order valence-corrected chi connectivity index (χ2v) is 4.43. The van der Waals surface area contributed by atoms with Gasteiger partial charge in [0.25, 0.3) is 0 Å². The van der Waals surface area contributed by atoms with Gasteiger partial charge in [-0.2, -0.15) is 16.7 Å². The first-order chi connectivity index (χ1) is 8.38. The number of nitrogens with zero attached hydrogens (tertiary/aromatic N) is 2. The zero-order valence-corrected chi connectivity index (χ0v) is 10.5. The van der Waals surface area contributed by atoms with E-state index < -0.39 is 0 Å². The number of aromatic nitrogens is 2. The van der Waals surface area contributed by atoms with Crippen LogP contribution in [0.5, 0.6) is 0 Å². The lowest BCUT2D eigenvalue weighted by atomic mass is 10.4. The lowest BCUT2D eigenvalue weighted by molar-refractivity contribution is 0.373. The van der Waals surface area contributed by atoms with Crippen LogP contribution in [0.1, 0.15) is 17.4 Å². The van der Waals surface area contributed by atoms with Crippen molar-refractivity contribution in [3.8, 4) is 0 Å². The molecule has 0 aliphatic heterocycles. The summed E-state index contributed by atoms with van der Waals surface area (Å²) in [7, 11) is 0. The summed E-state index contributed by atoms with van der Waals surface area (Å²) in [5, 5.41) is 6.82. The first-order valence-corrected chi connectivity index (χ1v) is 6.80. The van der Waals surface area contributed by atoms with Crippen LogP contribution in [0, 0.1) is 0 Å². The average molecular weight is 253 g/mol. The number of rotatable bonds is 7. The van der Waals surface area contributed by atoms with E-state index in [1.807, 2.05) is 12.1 Å². The molecular formula is C11H15N3O2S. The Morgan fingerprint density at radius 1 is 1.35 bits per heavy atom. The molecule has 2 heterocycles. The molecule has 5 nitrogen and oxygen atoms in total. The first kappa shape index (κ1) is 12.2. The van der Waals surface area contributed by atoms with Crippen molar-refractivity contribution in [2.24, 2.45) is 0 Å². The largest absolute Gasteiger partial charge is 0.464 e. The van der Waals surface area contributed by atoms with Crippen molar-refractivity contribution in [1.29, 1.82) is 0 Å². The molecule has 1 N–H and O–H groups in total. The summed E-state index contributed by atoms with van der Waals surface area (Å²) < 4.78 is 10.5. The van der Waals surface area contributed by atoms with E-state index in [2.05, 4.69) is 21.7 Å². The monoisotopic (exact) mass is 253 g/mol. The van der Waals surface area contributed by atoms with E-state index in [4.69, 9.17) is 8.94 Å². The molecule has 0 spiro atoms. The minimum atomic E-state index is 0.653. The van der Waals surface area contributed by atoms with Gasteiger partial charge in [0.2, 0.25) is 5.89 Å². The third-order valence-electron chi connectivity index (χ3n) is 2.23. The summed E-state index contributed by atoms with van der Waals surface area (Å²) in [6, 6.07) is 4.02. The van der Waals surface area contributed by atoms with E-state index in [0.29, 0.717) is 5.89 Å². The maximum Gasteiger partial charge on any atom is 0.227 e. The second kappa shape index (κ2) is 6.46. The molecule has 2 aromatic heterocycles. The van der Waals surface area contributed by atoms with Crippen molar-refractivity contribution in [3.63, 3.8) is 0 Å². The summed E-state index contributed by atoms with van der Waals surface area (Å²) in [5.41, 5.74) is 0. The third-order valence-corrected chi connectivity index (χ3v) is 2.80. The summed E-state index contributed by atoms with van der Waals surface area (Å²) in [6.07, 6.45) is 4.21. The number of nitrogens with one attached hydrogen (secondary N) is 1. The molecule has 0 unspecified atom stereocenters. The van der Waals surface area contributed by atoms with Crippen molar-refractivity contribution in [1.82, 2.24) is 15.5 Å². The van der Waals surface area contributed by atoms with E-state index in [9.17, 15) is 0 Å². The normalized spacial score (nSPS) is 10.9. The van der Waals surface area contributed by atoms with Crippen LogP contribution in [-0.2, 0) is 18.7 Å². The molecule has 0 aromatic carbocycles. The van der Waals surface area contributed by atoms with Crippen molar-refractivity contribution < 1.29 is 8.94 Å². The van der Waals surface area contributed by atoms with Crippen molar-refractivity contribution in [3.05, 3.63) is 35.9 Å². The van der Waals surface area contributed by atoms with Gasteiger partial charge >= 0.3 is 0 Å². The molecule has 0 bridgehead atoms. The Morgan fingerprint density at radius 2 is 2.24 bits per heavy atom. The maximum absolute atomic E-state index is 5.63. The van der Waals surface area contributed by atoms with Gasteiger partial charge in [-0.15, -0.1) is 0 Å². The van der Waals surface area contributed by atoms with E-state index >= 15 is 0 Å². The van der Waals surface area contributed by atoms with E-state index in [1.54, 1.807) is 11.8 Å². The van der Waals surface area contributed by atoms with Crippen LogP contribution in [0.3, 0.4) is 0 Å². The van der Waals surface area contributed by atoms with Gasteiger partial charge in [-0.1, -0.05) is 5.16 Å². The topological polar surface area (TPSA) is 64.1 Å². The first-order valence-electron chi connectivity index (χ1n) is 5.41. The van der Waals surface area contributed by atoms with E-state index in [1.165, 1.54) is 6.33 Å². The van der Waals surface area contributed by atoms with Crippen LogP contribution in [0.4, 0.5) is 0 Å². The lowest BCUT2D eigenvalue weighted by Crippen LogP contribution is -2.16. The highest BCUT2D eigenvalue weighted by atomic mass is 32.2. The van der Waals surface area contributed by atoms with Gasteiger partial charge in [0.1, 0.15) is 11.5 Å². The van der Waals surface area contributed by atoms with E-state index in [0.717, 1.165) is 36.8 Å². The fourth-order valence-electron chi connectivity index (χ4n) is 1.45. The Hall–Kier alpha value is -1.27. The summed E-state index contributed by atoms with van der Waals surface area (Å²) in [4.78, 5) is 3.95. The molecule has 2 aromatic rings. The van der Waals surface area contributed by atoms with Crippen molar-refractivity contribution >= 4 is 11.8 Å². The van der Waals surface area contributed by atoms with Gasteiger partial charge in [-0.3, -0.25) is 0 Å². The molecule has 0 saturated heterocycles. The Balaban J connectivity index is 1.67. The van der Waals surface area contributed by atoms with Crippen LogP contribution in [0.15, 0.2) is 27.4 Å². The Labute approximate surface area is 104 Å². The lowest BCUT2D eigenvalue weighted by Gasteiger charge is -1.99. The number of thioether (sulfide) groups is 1. The smallest absolute Gasteiger partial charge is 0.227 e. The Morgan fingerprint density at radius 3 is 3.00 bits per heavy atom. The van der Waals surface area contributed by atoms with Crippen molar-refractivity contribution in [2.75, 3.05) is 12.8 Å². The molecule has 6 heteroatoms. The minimum absolute atomic E-state index is 0.653. The van der Waals surface area contributed by atoms with Gasteiger partial charge in [0.15, 0.2) is 6.33 Å². The van der Waals surface area contributed by atoms with Crippen LogP contribution in [-0.4, -0.2) is 22.9 Å². The average Bonchev–Trinajstić information content (AvgIpc) is 2.96. The van der Waals surface area contributed by atoms with Crippen LogP contribution < -0.4 is 5.32 Å². The van der Waals surface area contributed by atoms with Gasteiger partial charge in [0.05, 0.1) is 12.3 Å². The Bertz CT molecular complexity index is 428. The van der Waals surface area contributed by atoms with Gasteiger partial charge in [-0.05, 0) is 18.4 Å². The van der Waals surface area contributed by atoms with Crippen LogP contribution in [0.25, 0.3) is 0 Å². The zero-order valence-electron chi connectivity index (χ0n) is 9.68. The van der Waals surface area contributed by atoms with Gasteiger partial charge in [0, 0.05) is 13.0 Å². The molecule has 0 fully saturated rings. The summed E-state index contributed by atoms with van der Waals surface area (Å²) in [6.45, 7) is 1.52. The van der Waals surface area contributed by atoms with Crippen LogP contribution >= 0.6 is 11.8 Å². The van der Waals surface area contributed by atoms with Crippen LogP contribution in [0.2, 0.25) is 0 Å². The molecule has 0 atom stereocenters. The number of hydrogen-bond donors (Lipinski definition) is 1. The fourth-order valence-corrected chi connectivity index (χ4v) is 1.89. The highest BCUT2D eigenvalue weighted by Gasteiger charge is 2.02. The quantitative estimate of drug-likeness (QED) is 0.760. The molecule has 0 radical (unpaired) electrons. The van der Waals surface area contributed by atoms with Gasteiger partial charge < -0.3 is 14.3 Å². The SMILES string of the molecule is CSCc1ccc(CNCCc2ncno2)o1. The second-order valence-electron chi connectivity index (χ2n) is 3.56. The van der Waals surface area contributed by atoms with E-state index in [-0.39, 0.29) is 0 Å². The molecule has 2 rings (SSSR count). The third kappa shape index (κ3) is 3.90. The molecular weight excluding hydrogens is 238 g/mol. The maximum atomic E-state index is 5.63. The predicted molar refractivity (Wildman–Crippen MR) is 65.6 cm³/mol. The van der Waals surface area contributed by atoms with Crippen molar-refractivity contribution in [2.45, 2.75) is 18.7 Å². The molecule has 0 aliphatic rings. The zero-order chi connectivity index (χ0) is 11.9. The molecule has 0 aliphatic carbocycles. The summed E-state index contributed by atoms with van der Waals surface area (Å²) in [5.74, 6) is 3.55. The highest BCUT2D eigenvalue weighted by molar-refractivity contribution is 7.97. The number of hydrogen-bond acceptors (Lipinski definition) is 6. The molecule has 92 valence electrons. The fraction of sp³-hybridized carbons (Fsp3) is 0.455. The standard InChI is InChI=1S/C11H15N3O2S/c1-17-7-10-3-2-9(15-10)6-12-5-4-11-13-8-14-16-11/h2-3,8,12H,4-7H2,1H3. The van der Waals surface area contributed by atoms with Gasteiger partial charge in [-0.25, -0.2) is 0 Å². The highest BCUT2D eigenvalue weighted by Crippen LogP contribution is 2.13. The minimum Gasteiger partial charge on any atom is -0.464 e. The molecule has 0 amide bonds. The summed E-state index contributed by atoms with van der Waals surface area (Å²) >= 11 is 1.75. The molecule has 0 saturated carbocycles. The molecule has 17 heavy (non-hydrogen) atoms.